The molecule has 142 valence electrons. The number of unbranched alkanes of at least 4 members (excludes halogenated alkanes) is 1. The minimum Gasteiger partial charge on any atom is -0.444 e. The molecule has 1 amide bonds. The lowest BCUT2D eigenvalue weighted by atomic mass is 10.1. The number of rotatable bonds is 9. The van der Waals surface area contributed by atoms with Crippen LogP contribution in [0.25, 0.3) is 0 Å². The molecule has 1 unspecified atom stereocenters. The number of likely N-dealkylation sites (tertiary alicyclic amines) is 1. The van der Waals surface area contributed by atoms with Crippen LogP contribution >= 0.6 is 0 Å². The van der Waals surface area contributed by atoms with E-state index in [1.165, 1.54) is 6.42 Å². The number of nitrogens with one attached hydrogen (secondary N) is 1. The monoisotopic (exact) mass is 341 g/mol. The van der Waals surface area contributed by atoms with Gasteiger partial charge in [-0.25, -0.2) is 4.79 Å². The quantitative estimate of drug-likeness (QED) is 0.698. The number of carbonyl (C=O) groups excluding carboxylic acids is 1. The zero-order valence-corrected chi connectivity index (χ0v) is 16.7. The van der Waals surface area contributed by atoms with E-state index in [1.807, 2.05) is 25.7 Å². The van der Waals surface area contributed by atoms with Crippen molar-refractivity contribution < 1.29 is 9.53 Å². The van der Waals surface area contributed by atoms with Crippen molar-refractivity contribution in [3.8, 4) is 0 Å². The largest absolute Gasteiger partial charge is 0.444 e. The molecule has 0 saturated carbocycles. The van der Waals surface area contributed by atoms with Crippen molar-refractivity contribution in [2.45, 2.75) is 72.4 Å². The van der Waals surface area contributed by atoms with Gasteiger partial charge in [0.25, 0.3) is 0 Å². The molecule has 24 heavy (non-hydrogen) atoms. The third-order valence-electron chi connectivity index (χ3n) is 4.30. The first-order valence-electron chi connectivity index (χ1n) is 9.65. The van der Waals surface area contributed by atoms with Crippen molar-refractivity contribution in [1.82, 2.24) is 15.1 Å². The molecule has 0 aliphatic carbocycles. The summed E-state index contributed by atoms with van der Waals surface area (Å²) in [7, 11) is 0. The molecule has 0 bridgehead atoms. The maximum Gasteiger partial charge on any atom is 0.410 e. The van der Waals surface area contributed by atoms with E-state index in [9.17, 15) is 4.79 Å². The lowest BCUT2D eigenvalue weighted by Gasteiger charge is -2.29. The van der Waals surface area contributed by atoms with E-state index in [0.717, 1.165) is 58.0 Å². The highest BCUT2D eigenvalue weighted by Crippen LogP contribution is 2.16. The zero-order chi connectivity index (χ0) is 18.2. The number of nitrogens with zero attached hydrogens (tertiary/aromatic N) is 2. The van der Waals surface area contributed by atoms with Gasteiger partial charge in [0.15, 0.2) is 0 Å². The van der Waals surface area contributed by atoms with Gasteiger partial charge in [-0.05, 0) is 52.6 Å². The highest BCUT2D eigenvalue weighted by atomic mass is 16.6. The number of ether oxygens (including phenoxy) is 1. The molecule has 0 radical (unpaired) electrons. The second-order valence-electron chi connectivity index (χ2n) is 8.34. The normalized spacial score (nSPS) is 19.0. The Bertz CT molecular complexity index is 366. The molecule has 1 heterocycles. The molecule has 0 spiro atoms. The molecule has 1 aliphatic heterocycles. The second-order valence-corrected chi connectivity index (χ2v) is 8.34. The number of amides is 1. The Morgan fingerprint density at radius 3 is 2.62 bits per heavy atom. The van der Waals surface area contributed by atoms with Gasteiger partial charge >= 0.3 is 6.09 Å². The summed E-state index contributed by atoms with van der Waals surface area (Å²) in [6.07, 6.45) is 3.20. The predicted molar refractivity (Wildman–Crippen MR) is 100 cm³/mol. The van der Waals surface area contributed by atoms with Crippen molar-refractivity contribution in [3.63, 3.8) is 0 Å². The first-order valence-corrected chi connectivity index (χ1v) is 9.65. The summed E-state index contributed by atoms with van der Waals surface area (Å²) in [4.78, 5) is 16.8. The lowest BCUT2D eigenvalue weighted by Crippen LogP contribution is -2.41. The molecule has 0 aromatic rings. The van der Waals surface area contributed by atoms with E-state index >= 15 is 0 Å². The summed E-state index contributed by atoms with van der Waals surface area (Å²) in [6, 6.07) is 0.552. The van der Waals surface area contributed by atoms with Crippen molar-refractivity contribution in [3.05, 3.63) is 0 Å². The molecule has 1 N–H and O–H groups in total. The van der Waals surface area contributed by atoms with Crippen LogP contribution in [0, 0.1) is 5.92 Å². The summed E-state index contributed by atoms with van der Waals surface area (Å²) >= 11 is 0. The molecular weight excluding hydrogens is 302 g/mol. The van der Waals surface area contributed by atoms with Crippen LogP contribution in [-0.4, -0.2) is 66.8 Å². The first kappa shape index (κ1) is 21.2. The molecule has 1 atom stereocenters. The summed E-state index contributed by atoms with van der Waals surface area (Å²) in [5.41, 5.74) is -0.428. The van der Waals surface area contributed by atoms with Gasteiger partial charge in [0.2, 0.25) is 0 Å². The Labute approximate surface area is 149 Å². The lowest BCUT2D eigenvalue weighted by molar-refractivity contribution is 0.0233. The van der Waals surface area contributed by atoms with Crippen LogP contribution in [0.1, 0.15) is 60.8 Å². The molecule has 1 rings (SSSR count). The van der Waals surface area contributed by atoms with Crippen LogP contribution in [0.4, 0.5) is 4.79 Å². The Morgan fingerprint density at radius 2 is 2.04 bits per heavy atom. The van der Waals surface area contributed by atoms with Gasteiger partial charge in [0, 0.05) is 32.2 Å². The average Bonchev–Trinajstić information content (AvgIpc) is 2.91. The van der Waals surface area contributed by atoms with Crippen molar-refractivity contribution >= 4 is 6.09 Å². The number of hydrogen-bond donors (Lipinski definition) is 1. The van der Waals surface area contributed by atoms with E-state index in [0.29, 0.717) is 6.04 Å². The fraction of sp³-hybridized carbons (Fsp3) is 0.947. The average molecular weight is 342 g/mol. The Morgan fingerprint density at radius 1 is 1.33 bits per heavy atom. The Balaban J connectivity index is 2.40. The Hall–Kier alpha value is -0.810. The topological polar surface area (TPSA) is 44.8 Å². The van der Waals surface area contributed by atoms with Gasteiger partial charge in [-0.3, -0.25) is 0 Å². The first-order chi connectivity index (χ1) is 11.2. The van der Waals surface area contributed by atoms with Crippen LogP contribution in [0.2, 0.25) is 0 Å². The molecule has 1 fully saturated rings. The van der Waals surface area contributed by atoms with Gasteiger partial charge in [0.1, 0.15) is 5.60 Å². The van der Waals surface area contributed by atoms with Crippen LogP contribution in [0.5, 0.6) is 0 Å². The molecule has 5 nitrogen and oxygen atoms in total. The van der Waals surface area contributed by atoms with Crippen LogP contribution in [0.3, 0.4) is 0 Å². The molecule has 1 saturated heterocycles. The summed E-state index contributed by atoms with van der Waals surface area (Å²) in [5, 5.41) is 3.53. The van der Waals surface area contributed by atoms with Crippen LogP contribution in [-0.2, 0) is 4.74 Å². The zero-order valence-electron chi connectivity index (χ0n) is 16.7. The van der Waals surface area contributed by atoms with E-state index in [1.54, 1.807) is 0 Å². The maximum atomic E-state index is 12.4. The number of carbonyl (C=O) groups is 1. The van der Waals surface area contributed by atoms with Crippen LogP contribution < -0.4 is 5.32 Å². The van der Waals surface area contributed by atoms with Crippen molar-refractivity contribution in [2.75, 3.05) is 39.3 Å². The van der Waals surface area contributed by atoms with Crippen molar-refractivity contribution in [2.24, 2.45) is 5.92 Å². The van der Waals surface area contributed by atoms with Gasteiger partial charge in [-0.1, -0.05) is 27.2 Å². The summed E-state index contributed by atoms with van der Waals surface area (Å²) in [5.74, 6) is 0.734. The third-order valence-corrected chi connectivity index (χ3v) is 4.30. The van der Waals surface area contributed by atoms with E-state index in [4.69, 9.17) is 4.74 Å². The van der Waals surface area contributed by atoms with E-state index < -0.39 is 5.60 Å². The SMILES string of the molecule is CCCCN(CCN1CCC(CNC(C)C)C1)C(=O)OC(C)(C)C. The summed E-state index contributed by atoms with van der Waals surface area (Å²) < 4.78 is 5.56. The van der Waals surface area contributed by atoms with Gasteiger partial charge in [-0.2, -0.15) is 0 Å². The smallest absolute Gasteiger partial charge is 0.410 e. The van der Waals surface area contributed by atoms with E-state index in [-0.39, 0.29) is 6.09 Å². The van der Waals surface area contributed by atoms with Gasteiger partial charge in [0.05, 0.1) is 0 Å². The van der Waals surface area contributed by atoms with Crippen LogP contribution in [0.15, 0.2) is 0 Å². The predicted octanol–water partition coefficient (Wildman–Crippen LogP) is 3.34. The minimum absolute atomic E-state index is 0.173. The molecule has 5 heteroatoms. The molecular formula is C19H39N3O2. The number of hydrogen-bond acceptors (Lipinski definition) is 4. The highest BCUT2D eigenvalue weighted by molar-refractivity contribution is 5.68. The van der Waals surface area contributed by atoms with Crippen molar-refractivity contribution in [1.29, 1.82) is 0 Å². The molecule has 0 aromatic carbocycles. The fourth-order valence-corrected chi connectivity index (χ4v) is 2.92. The van der Waals surface area contributed by atoms with E-state index in [2.05, 4.69) is 31.0 Å². The second kappa shape index (κ2) is 10.2. The Kier molecular flexibility index (Phi) is 9.06. The molecule has 0 aromatic heterocycles. The fourth-order valence-electron chi connectivity index (χ4n) is 2.92. The minimum atomic E-state index is -0.428. The maximum absolute atomic E-state index is 12.4. The highest BCUT2D eigenvalue weighted by Gasteiger charge is 2.25. The van der Waals surface area contributed by atoms with Gasteiger partial charge in [-0.15, -0.1) is 0 Å². The third kappa shape index (κ3) is 8.88. The van der Waals surface area contributed by atoms with Gasteiger partial charge < -0.3 is 19.9 Å². The molecule has 1 aliphatic rings. The summed E-state index contributed by atoms with van der Waals surface area (Å²) in [6.45, 7) is 18.2. The standard InChI is InChI=1S/C19H39N3O2/c1-7-8-10-22(18(23)24-19(4,5)6)13-12-21-11-9-17(15-21)14-20-16(2)3/h16-17,20H,7-15H2,1-6H3.